The molecule has 2 aliphatic rings. The molecule has 0 bridgehead atoms. The van der Waals surface area contributed by atoms with E-state index in [1.54, 1.807) is 0 Å². The van der Waals surface area contributed by atoms with Crippen molar-refractivity contribution in [3.63, 3.8) is 0 Å². The highest BCUT2D eigenvalue weighted by molar-refractivity contribution is 5.78. The highest BCUT2D eigenvalue weighted by Gasteiger charge is 2.48. The van der Waals surface area contributed by atoms with Crippen molar-refractivity contribution in [3.8, 4) is 0 Å². The number of aryl methyl sites for hydroxylation is 1. The first-order valence-corrected chi connectivity index (χ1v) is 8.48. The molecule has 1 aromatic carbocycles. The van der Waals surface area contributed by atoms with Crippen LogP contribution in [0, 0.1) is 24.7 Å². The Bertz CT molecular complexity index is 634. The van der Waals surface area contributed by atoms with Gasteiger partial charge in [-0.1, -0.05) is 18.6 Å². The molecular formula is C19H25NO. The molecule has 1 heterocycles. The lowest BCUT2D eigenvalue weighted by Crippen LogP contribution is -2.28. The van der Waals surface area contributed by atoms with Gasteiger partial charge in [0.15, 0.2) is 0 Å². The summed E-state index contributed by atoms with van der Waals surface area (Å²) in [6.45, 7) is 5.45. The summed E-state index contributed by atoms with van der Waals surface area (Å²) in [5.74, 6) is 3.96. The second kappa shape index (κ2) is 5.17. The minimum absolute atomic E-state index is 0.408. The molecule has 3 atom stereocenters. The molecule has 21 heavy (non-hydrogen) atoms. The fraction of sp³-hybridized carbons (Fsp3) is 0.579. The third-order valence-electron chi connectivity index (χ3n) is 5.36. The van der Waals surface area contributed by atoms with Crippen LogP contribution in [0.2, 0.25) is 0 Å². The number of furan rings is 1. The molecule has 112 valence electrons. The van der Waals surface area contributed by atoms with E-state index in [4.69, 9.17) is 4.42 Å². The first-order valence-electron chi connectivity index (χ1n) is 8.48. The molecule has 4 rings (SSSR count). The van der Waals surface area contributed by atoms with Crippen molar-refractivity contribution in [2.45, 2.75) is 45.6 Å². The van der Waals surface area contributed by atoms with Crippen LogP contribution >= 0.6 is 0 Å². The highest BCUT2D eigenvalue weighted by atomic mass is 16.3. The van der Waals surface area contributed by atoms with Gasteiger partial charge in [-0.05, 0) is 75.1 Å². The van der Waals surface area contributed by atoms with Crippen molar-refractivity contribution in [3.05, 3.63) is 35.6 Å². The quantitative estimate of drug-likeness (QED) is 0.850. The van der Waals surface area contributed by atoms with Gasteiger partial charge >= 0.3 is 0 Å². The van der Waals surface area contributed by atoms with Crippen LogP contribution in [0.5, 0.6) is 0 Å². The normalized spacial score (nSPS) is 28.8. The molecule has 3 unspecified atom stereocenters. The molecule has 2 aromatic rings. The summed E-state index contributed by atoms with van der Waals surface area (Å²) in [7, 11) is 0. The number of rotatable bonds is 5. The zero-order chi connectivity index (χ0) is 14.4. The Morgan fingerprint density at radius 2 is 2.00 bits per heavy atom. The lowest BCUT2D eigenvalue weighted by Gasteiger charge is -2.24. The molecule has 0 aliphatic heterocycles. The standard InChI is InChI=1S/C19H25NO/c1-3-6-20-19(16-9-13-8-14(13)10-16)18-11-15-7-12(2)4-5-17(15)21-18/h4-5,7,11,13-14,16,19-20H,3,6,8-10H2,1-2H3. The Kier molecular flexibility index (Phi) is 3.30. The predicted octanol–water partition coefficient (Wildman–Crippen LogP) is 4.83. The van der Waals surface area contributed by atoms with Crippen LogP contribution in [0.25, 0.3) is 11.0 Å². The van der Waals surface area contributed by atoms with E-state index in [0.717, 1.165) is 35.6 Å². The largest absolute Gasteiger partial charge is 0.459 e. The second-order valence-corrected chi connectivity index (χ2v) is 7.11. The molecule has 0 spiro atoms. The van der Waals surface area contributed by atoms with E-state index in [1.165, 1.54) is 36.6 Å². The van der Waals surface area contributed by atoms with E-state index in [1.807, 2.05) is 0 Å². The Morgan fingerprint density at radius 1 is 1.19 bits per heavy atom. The monoisotopic (exact) mass is 283 g/mol. The number of hydrogen-bond donors (Lipinski definition) is 1. The molecule has 2 heteroatoms. The Labute approximate surface area is 126 Å². The van der Waals surface area contributed by atoms with Gasteiger partial charge < -0.3 is 9.73 Å². The lowest BCUT2D eigenvalue weighted by molar-refractivity contribution is 0.301. The fourth-order valence-corrected chi connectivity index (χ4v) is 4.17. The van der Waals surface area contributed by atoms with Crippen LogP contribution in [-0.2, 0) is 0 Å². The van der Waals surface area contributed by atoms with E-state index >= 15 is 0 Å². The van der Waals surface area contributed by atoms with Gasteiger partial charge in [0.2, 0.25) is 0 Å². The van der Waals surface area contributed by atoms with Gasteiger partial charge in [-0.25, -0.2) is 0 Å². The Morgan fingerprint density at radius 3 is 2.76 bits per heavy atom. The van der Waals surface area contributed by atoms with E-state index in [-0.39, 0.29) is 0 Å². The molecule has 1 N–H and O–H groups in total. The summed E-state index contributed by atoms with van der Waals surface area (Å²) >= 11 is 0. The van der Waals surface area contributed by atoms with E-state index < -0.39 is 0 Å². The van der Waals surface area contributed by atoms with E-state index in [0.29, 0.717) is 6.04 Å². The maximum atomic E-state index is 6.18. The van der Waals surface area contributed by atoms with Crippen molar-refractivity contribution in [1.82, 2.24) is 5.32 Å². The van der Waals surface area contributed by atoms with Crippen molar-refractivity contribution in [2.24, 2.45) is 17.8 Å². The molecule has 1 aromatic heterocycles. The zero-order valence-corrected chi connectivity index (χ0v) is 13.1. The molecular weight excluding hydrogens is 258 g/mol. The maximum Gasteiger partial charge on any atom is 0.134 e. The van der Waals surface area contributed by atoms with Crippen LogP contribution in [0.1, 0.15) is 50.0 Å². The smallest absolute Gasteiger partial charge is 0.134 e. The minimum atomic E-state index is 0.408. The number of hydrogen-bond acceptors (Lipinski definition) is 2. The number of benzene rings is 1. The predicted molar refractivity (Wildman–Crippen MR) is 86.3 cm³/mol. The topological polar surface area (TPSA) is 25.2 Å². The SMILES string of the molecule is CCCNC(c1cc2cc(C)ccc2o1)C1CC2CC2C1. The fourth-order valence-electron chi connectivity index (χ4n) is 4.17. The molecule has 0 radical (unpaired) electrons. The van der Waals surface area contributed by atoms with Crippen LogP contribution in [0.15, 0.2) is 28.7 Å². The molecule has 2 nitrogen and oxygen atoms in total. The highest BCUT2D eigenvalue weighted by Crippen LogP contribution is 2.57. The molecule has 0 saturated heterocycles. The van der Waals surface area contributed by atoms with Crippen molar-refractivity contribution >= 4 is 11.0 Å². The molecule has 2 saturated carbocycles. The summed E-state index contributed by atoms with van der Waals surface area (Å²) in [5, 5.41) is 5.00. The van der Waals surface area contributed by atoms with Gasteiger partial charge in [0, 0.05) is 5.39 Å². The van der Waals surface area contributed by atoms with E-state index in [2.05, 4.69) is 43.4 Å². The summed E-state index contributed by atoms with van der Waals surface area (Å²) in [4.78, 5) is 0. The summed E-state index contributed by atoms with van der Waals surface area (Å²) in [5.41, 5.74) is 2.33. The van der Waals surface area contributed by atoms with Crippen LogP contribution < -0.4 is 5.32 Å². The zero-order valence-electron chi connectivity index (χ0n) is 13.1. The minimum Gasteiger partial charge on any atom is -0.459 e. The first kappa shape index (κ1) is 13.4. The van der Waals surface area contributed by atoms with Crippen LogP contribution in [0.4, 0.5) is 0 Å². The number of fused-ring (bicyclic) bond motifs is 2. The van der Waals surface area contributed by atoms with Crippen LogP contribution in [0.3, 0.4) is 0 Å². The summed E-state index contributed by atoms with van der Waals surface area (Å²) < 4.78 is 6.18. The number of nitrogens with one attached hydrogen (secondary N) is 1. The summed E-state index contributed by atoms with van der Waals surface area (Å²) in [6.07, 6.45) is 5.44. The molecule has 2 aliphatic carbocycles. The van der Waals surface area contributed by atoms with Gasteiger partial charge in [-0.2, -0.15) is 0 Å². The first-order chi connectivity index (χ1) is 10.2. The third-order valence-corrected chi connectivity index (χ3v) is 5.36. The third kappa shape index (κ3) is 2.50. The average Bonchev–Trinajstić information content (AvgIpc) is 2.90. The molecule has 0 amide bonds. The van der Waals surface area contributed by atoms with Crippen molar-refractivity contribution in [1.29, 1.82) is 0 Å². The maximum absolute atomic E-state index is 6.18. The van der Waals surface area contributed by atoms with Gasteiger partial charge in [0.1, 0.15) is 11.3 Å². The second-order valence-electron chi connectivity index (χ2n) is 7.11. The van der Waals surface area contributed by atoms with Gasteiger partial charge in [-0.3, -0.25) is 0 Å². The Balaban J connectivity index is 1.63. The van der Waals surface area contributed by atoms with Gasteiger partial charge in [0.05, 0.1) is 6.04 Å². The van der Waals surface area contributed by atoms with Crippen LogP contribution in [-0.4, -0.2) is 6.54 Å². The molecule has 2 fully saturated rings. The van der Waals surface area contributed by atoms with Crippen molar-refractivity contribution in [2.75, 3.05) is 6.54 Å². The van der Waals surface area contributed by atoms with E-state index in [9.17, 15) is 0 Å². The van der Waals surface area contributed by atoms with Crippen molar-refractivity contribution < 1.29 is 4.42 Å². The van der Waals surface area contributed by atoms with Gasteiger partial charge in [0.25, 0.3) is 0 Å². The summed E-state index contributed by atoms with van der Waals surface area (Å²) in [6, 6.07) is 9.14. The Hall–Kier alpha value is -1.28. The lowest BCUT2D eigenvalue weighted by atomic mass is 9.92. The van der Waals surface area contributed by atoms with Gasteiger partial charge in [-0.15, -0.1) is 0 Å². The average molecular weight is 283 g/mol.